The molecule has 0 unspecified atom stereocenters. The summed E-state index contributed by atoms with van der Waals surface area (Å²) in [6, 6.07) is 9.35. The van der Waals surface area contributed by atoms with Gasteiger partial charge in [-0.25, -0.2) is 4.98 Å². The van der Waals surface area contributed by atoms with Crippen molar-refractivity contribution in [2.45, 2.75) is 6.54 Å². The molecule has 1 aromatic carbocycles. The number of hydrogen-bond acceptors (Lipinski definition) is 6. The summed E-state index contributed by atoms with van der Waals surface area (Å²) in [6.45, 7) is 0.193. The van der Waals surface area contributed by atoms with E-state index in [0.29, 0.717) is 11.5 Å². The summed E-state index contributed by atoms with van der Waals surface area (Å²) in [5.74, 6) is 0.125. The van der Waals surface area contributed by atoms with Gasteiger partial charge in [-0.1, -0.05) is 23.4 Å². The molecule has 106 valence electrons. The molecule has 0 saturated carbocycles. The first-order valence-electron chi connectivity index (χ1n) is 6.39. The van der Waals surface area contributed by atoms with Gasteiger partial charge in [0.15, 0.2) is 5.82 Å². The first-order chi connectivity index (χ1) is 10.3. The van der Waals surface area contributed by atoms with E-state index in [1.54, 1.807) is 6.07 Å². The quantitative estimate of drug-likeness (QED) is 0.755. The Morgan fingerprint density at radius 1 is 1.33 bits per heavy atom. The number of para-hydroxylation sites is 1. The van der Waals surface area contributed by atoms with Gasteiger partial charge in [0.2, 0.25) is 6.39 Å². The summed E-state index contributed by atoms with van der Waals surface area (Å²) in [6.07, 6.45) is 1.22. The van der Waals surface area contributed by atoms with Gasteiger partial charge in [-0.15, -0.1) is 0 Å². The van der Waals surface area contributed by atoms with Crippen LogP contribution in [0.2, 0.25) is 0 Å². The molecule has 0 radical (unpaired) electrons. The standard InChI is InChI=1S/C14H13N5O2/c1-15-11-6-12(18-10-5-3-2-4-9(10)11)14(20)16-7-13-17-8-21-19-13/h2-6,8H,7H2,1H3,(H,15,18)(H,16,20). The van der Waals surface area contributed by atoms with Crippen LogP contribution < -0.4 is 10.6 Å². The van der Waals surface area contributed by atoms with Crippen molar-refractivity contribution < 1.29 is 9.32 Å². The number of amides is 1. The third-order valence-electron chi connectivity index (χ3n) is 3.03. The highest BCUT2D eigenvalue weighted by Gasteiger charge is 2.12. The van der Waals surface area contributed by atoms with Crippen LogP contribution in [0, 0.1) is 0 Å². The van der Waals surface area contributed by atoms with Gasteiger partial charge in [0.05, 0.1) is 12.1 Å². The number of nitrogens with one attached hydrogen (secondary N) is 2. The molecule has 0 aliphatic carbocycles. The van der Waals surface area contributed by atoms with Gasteiger partial charge in [-0.2, -0.15) is 4.98 Å². The predicted octanol–water partition coefficient (Wildman–Crippen LogP) is 1.59. The summed E-state index contributed by atoms with van der Waals surface area (Å²) in [7, 11) is 1.81. The highest BCUT2D eigenvalue weighted by atomic mass is 16.5. The SMILES string of the molecule is CNc1cc(C(=O)NCc2ncon2)nc2ccccc12. The number of pyridine rings is 1. The summed E-state index contributed by atoms with van der Waals surface area (Å²) in [4.78, 5) is 20.4. The minimum absolute atomic E-state index is 0.193. The van der Waals surface area contributed by atoms with Crippen molar-refractivity contribution in [1.29, 1.82) is 0 Å². The summed E-state index contributed by atoms with van der Waals surface area (Å²) in [5, 5.41) is 10.4. The van der Waals surface area contributed by atoms with E-state index in [2.05, 4.69) is 30.3 Å². The lowest BCUT2D eigenvalue weighted by molar-refractivity contribution is 0.0945. The van der Waals surface area contributed by atoms with Crippen molar-refractivity contribution in [1.82, 2.24) is 20.4 Å². The minimum atomic E-state index is -0.290. The molecular weight excluding hydrogens is 270 g/mol. The van der Waals surface area contributed by atoms with E-state index in [9.17, 15) is 4.79 Å². The van der Waals surface area contributed by atoms with Gasteiger partial charge in [0.25, 0.3) is 5.91 Å². The van der Waals surface area contributed by atoms with E-state index in [0.717, 1.165) is 16.6 Å². The molecule has 21 heavy (non-hydrogen) atoms. The molecule has 1 amide bonds. The monoisotopic (exact) mass is 283 g/mol. The molecule has 2 heterocycles. The van der Waals surface area contributed by atoms with Crippen molar-refractivity contribution in [3.8, 4) is 0 Å². The van der Waals surface area contributed by atoms with E-state index >= 15 is 0 Å². The van der Waals surface area contributed by atoms with Crippen LogP contribution in [0.15, 0.2) is 41.2 Å². The highest BCUT2D eigenvalue weighted by Crippen LogP contribution is 2.22. The zero-order valence-corrected chi connectivity index (χ0v) is 11.3. The van der Waals surface area contributed by atoms with E-state index in [-0.39, 0.29) is 12.5 Å². The van der Waals surface area contributed by atoms with Crippen LogP contribution in [-0.4, -0.2) is 28.1 Å². The normalized spacial score (nSPS) is 10.5. The Morgan fingerprint density at radius 3 is 2.95 bits per heavy atom. The van der Waals surface area contributed by atoms with Crippen LogP contribution >= 0.6 is 0 Å². The molecular formula is C14H13N5O2. The molecule has 0 bridgehead atoms. The van der Waals surface area contributed by atoms with Gasteiger partial charge >= 0.3 is 0 Å². The van der Waals surface area contributed by atoms with Crippen LogP contribution in [0.25, 0.3) is 10.9 Å². The molecule has 2 aromatic heterocycles. The molecule has 7 nitrogen and oxygen atoms in total. The van der Waals surface area contributed by atoms with Gasteiger partial charge in [0, 0.05) is 18.1 Å². The highest BCUT2D eigenvalue weighted by molar-refractivity contribution is 5.99. The number of nitrogens with zero attached hydrogens (tertiary/aromatic N) is 3. The minimum Gasteiger partial charge on any atom is -0.388 e. The Balaban J connectivity index is 1.87. The number of benzene rings is 1. The van der Waals surface area contributed by atoms with Gasteiger partial charge in [-0.3, -0.25) is 4.79 Å². The Labute approximate surface area is 120 Å². The summed E-state index contributed by atoms with van der Waals surface area (Å²) < 4.78 is 4.61. The molecule has 3 aromatic rings. The van der Waals surface area contributed by atoms with Crippen molar-refractivity contribution in [3.05, 3.63) is 48.2 Å². The second-order valence-electron chi connectivity index (χ2n) is 4.35. The Morgan fingerprint density at radius 2 is 2.19 bits per heavy atom. The van der Waals surface area contributed by atoms with Gasteiger partial charge in [-0.05, 0) is 12.1 Å². The molecule has 0 atom stereocenters. The van der Waals surface area contributed by atoms with Crippen molar-refractivity contribution in [2.75, 3.05) is 12.4 Å². The third-order valence-corrected chi connectivity index (χ3v) is 3.03. The molecule has 0 saturated heterocycles. The number of fused-ring (bicyclic) bond motifs is 1. The van der Waals surface area contributed by atoms with Gasteiger partial charge in [0.1, 0.15) is 5.69 Å². The zero-order chi connectivity index (χ0) is 14.7. The van der Waals surface area contributed by atoms with E-state index in [4.69, 9.17) is 0 Å². The Hall–Kier alpha value is -2.96. The fourth-order valence-electron chi connectivity index (χ4n) is 2.02. The lowest BCUT2D eigenvalue weighted by atomic mass is 10.1. The molecule has 0 aliphatic heterocycles. The summed E-state index contributed by atoms with van der Waals surface area (Å²) in [5.41, 5.74) is 1.95. The zero-order valence-electron chi connectivity index (χ0n) is 11.3. The van der Waals surface area contributed by atoms with Gasteiger partial charge < -0.3 is 15.2 Å². The average molecular weight is 283 g/mol. The van der Waals surface area contributed by atoms with Crippen LogP contribution in [-0.2, 0) is 6.54 Å². The Kier molecular flexibility index (Phi) is 3.46. The molecule has 0 aliphatic rings. The number of carbonyl (C=O) groups is 1. The smallest absolute Gasteiger partial charge is 0.270 e. The lowest BCUT2D eigenvalue weighted by Crippen LogP contribution is -2.24. The van der Waals surface area contributed by atoms with E-state index in [1.165, 1.54) is 6.39 Å². The lowest BCUT2D eigenvalue weighted by Gasteiger charge is -2.09. The third kappa shape index (κ3) is 2.66. The van der Waals surface area contributed by atoms with Crippen molar-refractivity contribution in [2.24, 2.45) is 0 Å². The number of carbonyl (C=O) groups excluding carboxylic acids is 1. The first-order valence-corrected chi connectivity index (χ1v) is 6.39. The number of anilines is 1. The van der Waals surface area contributed by atoms with Crippen LogP contribution in [0.1, 0.15) is 16.3 Å². The molecule has 3 rings (SSSR count). The second kappa shape index (κ2) is 5.58. The van der Waals surface area contributed by atoms with E-state index < -0.39 is 0 Å². The first kappa shape index (κ1) is 13.0. The van der Waals surface area contributed by atoms with Crippen LogP contribution in [0.3, 0.4) is 0 Å². The molecule has 7 heteroatoms. The fraction of sp³-hybridized carbons (Fsp3) is 0.143. The molecule has 0 fully saturated rings. The van der Waals surface area contributed by atoms with Crippen molar-refractivity contribution >= 4 is 22.5 Å². The maximum Gasteiger partial charge on any atom is 0.270 e. The van der Waals surface area contributed by atoms with Crippen LogP contribution in [0.5, 0.6) is 0 Å². The van der Waals surface area contributed by atoms with E-state index in [1.807, 2.05) is 31.3 Å². The number of aromatic nitrogens is 3. The predicted molar refractivity (Wildman–Crippen MR) is 76.8 cm³/mol. The maximum absolute atomic E-state index is 12.2. The molecule has 2 N–H and O–H groups in total. The fourth-order valence-corrected chi connectivity index (χ4v) is 2.02. The maximum atomic E-state index is 12.2. The van der Waals surface area contributed by atoms with Crippen molar-refractivity contribution in [3.63, 3.8) is 0 Å². The Bertz CT molecular complexity index is 770. The number of rotatable bonds is 4. The second-order valence-corrected chi connectivity index (χ2v) is 4.35. The summed E-state index contributed by atoms with van der Waals surface area (Å²) >= 11 is 0. The van der Waals surface area contributed by atoms with Crippen LogP contribution in [0.4, 0.5) is 5.69 Å². The topological polar surface area (TPSA) is 92.9 Å². The molecule has 0 spiro atoms. The number of hydrogen-bond donors (Lipinski definition) is 2. The average Bonchev–Trinajstić information content (AvgIpc) is 3.04. The largest absolute Gasteiger partial charge is 0.388 e.